The van der Waals surface area contributed by atoms with Gasteiger partial charge in [-0.2, -0.15) is 0 Å². The first-order valence-electron chi connectivity index (χ1n) is 20.7. The fourth-order valence-corrected chi connectivity index (χ4v) is 6.87. The standard InChI is InChI=1S/C27H33NO6.C20H27NO6/c1-27(2,3)34-24(29)17-22(14-15-32-18-21-12-8-5-9-13-21)25(30)28-23(19-33-26(28)31)16-20-10-6-4-7-11-20;1-20(2,3)27-17(23)12-15(9-10-22)18(24)21-16(13-26-19(21)25)11-14-7-5-4-6-8-14/h4-13,22-23H,14-19H2,1-3H3;4-8,15-16,22H,9-13H2,1-3H3/t22-,23+;15-,16+/m11/s1. The molecule has 3 aromatic rings. The third kappa shape index (κ3) is 16.1. The zero-order chi connectivity index (χ0) is 44.6. The fourth-order valence-electron chi connectivity index (χ4n) is 6.87. The van der Waals surface area contributed by atoms with Crippen molar-refractivity contribution in [1.82, 2.24) is 9.80 Å². The molecule has 2 heterocycles. The number of benzene rings is 3. The van der Waals surface area contributed by atoms with Crippen molar-refractivity contribution in [2.24, 2.45) is 11.8 Å². The van der Waals surface area contributed by atoms with Crippen molar-refractivity contribution in [3.8, 4) is 0 Å². The molecule has 2 aliphatic heterocycles. The number of rotatable bonds is 17. The van der Waals surface area contributed by atoms with Gasteiger partial charge in [-0.1, -0.05) is 91.0 Å². The number of carbonyl (C=O) groups excluding carboxylic acids is 6. The average Bonchev–Trinajstić information content (AvgIpc) is 3.75. The number of aliphatic hydroxyl groups is 1. The third-order valence-corrected chi connectivity index (χ3v) is 9.59. The first-order chi connectivity index (χ1) is 28.9. The quantitative estimate of drug-likeness (QED) is 0.0853. The summed E-state index contributed by atoms with van der Waals surface area (Å²) in [7, 11) is 0. The normalized spacial score (nSPS) is 17.4. The van der Waals surface area contributed by atoms with Gasteiger partial charge < -0.3 is 28.8 Å². The van der Waals surface area contributed by atoms with Gasteiger partial charge in [-0.3, -0.25) is 19.2 Å². The van der Waals surface area contributed by atoms with Gasteiger partial charge in [-0.25, -0.2) is 19.4 Å². The van der Waals surface area contributed by atoms with Gasteiger partial charge in [0.2, 0.25) is 11.8 Å². The monoisotopic (exact) mass is 844 g/mol. The molecule has 5 rings (SSSR count). The molecule has 2 aliphatic rings. The summed E-state index contributed by atoms with van der Waals surface area (Å²) in [5.41, 5.74) is 1.65. The lowest BCUT2D eigenvalue weighted by molar-refractivity contribution is -0.159. The topological polar surface area (TPSA) is 175 Å². The largest absolute Gasteiger partial charge is 0.460 e. The molecule has 2 saturated heterocycles. The Kier molecular flexibility index (Phi) is 18.0. The number of hydrogen-bond acceptors (Lipinski definition) is 12. The fraction of sp³-hybridized carbons (Fsp3) is 0.489. The van der Waals surface area contributed by atoms with E-state index in [4.69, 9.17) is 23.7 Å². The number of esters is 2. The minimum atomic E-state index is -0.839. The lowest BCUT2D eigenvalue weighted by atomic mass is 9.98. The van der Waals surface area contributed by atoms with Crippen molar-refractivity contribution < 1.29 is 57.6 Å². The van der Waals surface area contributed by atoms with E-state index in [0.717, 1.165) is 21.6 Å². The first kappa shape index (κ1) is 48.1. The Labute approximate surface area is 358 Å². The number of ether oxygens (including phenoxy) is 5. The highest BCUT2D eigenvalue weighted by Crippen LogP contribution is 2.26. The summed E-state index contributed by atoms with van der Waals surface area (Å²) in [6.07, 6.45) is -0.408. The zero-order valence-electron chi connectivity index (χ0n) is 36.1. The Morgan fingerprint density at radius 2 is 1.00 bits per heavy atom. The summed E-state index contributed by atoms with van der Waals surface area (Å²) in [6, 6.07) is 28.0. The van der Waals surface area contributed by atoms with Crippen molar-refractivity contribution in [3.63, 3.8) is 0 Å². The maximum atomic E-state index is 13.5. The van der Waals surface area contributed by atoms with Gasteiger partial charge in [0.05, 0.1) is 43.4 Å². The summed E-state index contributed by atoms with van der Waals surface area (Å²) in [4.78, 5) is 78.0. The van der Waals surface area contributed by atoms with Crippen molar-refractivity contribution in [3.05, 3.63) is 108 Å². The van der Waals surface area contributed by atoms with Gasteiger partial charge >= 0.3 is 24.1 Å². The molecule has 0 spiro atoms. The molecule has 3 aromatic carbocycles. The predicted molar refractivity (Wildman–Crippen MR) is 225 cm³/mol. The molecule has 1 N–H and O–H groups in total. The van der Waals surface area contributed by atoms with Gasteiger partial charge in [0.15, 0.2) is 0 Å². The molecule has 14 nitrogen and oxygen atoms in total. The molecule has 61 heavy (non-hydrogen) atoms. The van der Waals surface area contributed by atoms with Crippen LogP contribution in [0.3, 0.4) is 0 Å². The Morgan fingerprint density at radius 3 is 1.38 bits per heavy atom. The van der Waals surface area contributed by atoms with Crippen molar-refractivity contribution in [2.75, 3.05) is 26.4 Å². The van der Waals surface area contributed by atoms with Crippen LogP contribution in [-0.4, -0.2) is 101 Å². The van der Waals surface area contributed by atoms with Gasteiger partial charge in [0.25, 0.3) is 0 Å². The molecule has 0 bridgehead atoms. The summed E-state index contributed by atoms with van der Waals surface area (Å²) in [5, 5.41) is 9.30. The van der Waals surface area contributed by atoms with Crippen LogP contribution in [0.4, 0.5) is 9.59 Å². The van der Waals surface area contributed by atoms with E-state index in [-0.39, 0.29) is 52.1 Å². The minimum Gasteiger partial charge on any atom is -0.460 e. The highest BCUT2D eigenvalue weighted by Gasteiger charge is 2.43. The number of cyclic esters (lactones) is 2. The van der Waals surface area contributed by atoms with E-state index in [1.54, 1.807) is 41.5 Å². The van der Waals surface area contributed by atoms with E-state index >= 15 is 0 Å². The van der Waals surface area contributed by atoms with Crippen molar-refractivity contribution in [1.29, 1.82) is 0 Å². The number of nitrogens with zero attached hydrogens (tertiary/aromatic N) is 2. The smallest absolute Gasteiger partial charge is 0.416 e. The van der Waals surface area contributed by atoms with E-state index in [0.29, 0.717) is 19.4 Å². The predicted octanol–water partition coefficient (Wildman–Crippen LogP) is 6.84. The van der Waals surface area contributed by atoms with E-state index in [9.17, 15) is 33.9 Å². The third-order valence-electron chi connectivity index (χ3n) is 9.59. The molecule has 4 amide bonds. The molecule has 2 fully saturated rings. The van der Waals surface area contributed by atoms with Gasteiger partial charge in [-0.05, 0) is 83.9 Å². The molecule has 14 heteroatoms. The molecule has 0 aliphatic carbocycles. The number of aliphatic hydroxyl groups excluding tert-OH is 1. The highest BCUT2D eigenvalue weighted by atomic mass is 16.6. The van der Waals surface area contributed by atoms with E-state index < -0.39 is 71.1 Å². The summed E-state index contributed by atoms with van der Waals surface area (Å²) in [5.74, 6) is -3.57. The van der Waals surface area contributed by atoms with Crippen LogP contribution in [0.2, 0.25) is 0 Å². The molecule has 0 radical (unpaired) electrons. The van der Waals surface area contributed by atoms with Crippen LogP contribution >= 0.6 is 0 Å². The second-order valence-electron chi connectivity index (χ2n) is 17.1. The lowest BCUT2D eigenvalue weighted by Crippen LogP contribution is -2.44. The Bertz CT molecular complexity index is 1890. The second kappa shape index (κ2) is 22.8. The number of imide groups is 2. The second-order valence-corrected chi connectivity index (χ2v) is 17.1. The van der Waals surface area contributed by atoms with E-state index in [1.807, 2.05) is 91.0 Å². The molecular formula is C47H60N2O12. The SMILES string of the molecule is CC(C)(C)OC(=O)C[C@@H](CCO)C(=O)N1C(=O)OC[C@@H]1Cc1ccccc1.CC(C)(C)OC(=O)C[C@@H](CCOCc1ccccc1)C(=O)N1C(=O)OC[C@@H]1Cc1ccccc1. The van der Waals surface area contributed by atoms with Crippen LogP contribution in [0, 0.1) is 11.8 Å². The van der Waals surface area contributed by atoms with Gasteiger partial charge in [0.1, 0.15) is 24.4 Å². The molecule has 0 saturated carbocycles. The zero-order valence-corrected chi connectivity index (χ0v) is 36.1. The van der Waals surface area contributed by atoms with Gasteiger partial charge in [-0.15, -0.1) is 0 Å². The molecule has 0 aromatic heterocycles. The van der Waals surface area contributed by atoms with Gasteiger partial charge in [0, 0.05) is 13.2 Å². The Morgan fingerprint density at radius 1 is 0.623 bits per heavy atom. The lowest BCUT2D eigenvalue weighted by Gasteiger charge is -2.26. The van der Waals surface area contributed by atoms with Crippen LogP contribution in [0.5, 0.6) is 0 Å². The molecule has 4 atom stereocenters. The van der Waals surface area contributed by atoms with Crippen LogP contribution in [0.25, 0.3) is 0 Å². The number of carbonyl (C=O) groups is 6. The summed E-state index contributed by atoms with van der Waals surface area (Å²) >= 11 is 0. The van der Waals surface area contributed by atoms with Crippen LogP contribution in [0.15, 0.2) is 91.0 Å². The van der Waals surface area contributed by atoms with E-state index in [2.05, 4.69) is 0 Å². The molecule has 0 unspecified atom stereocenters. The minimum absolute atomic E-state index is 0.0694. The highest BCUT2D eigenvalue weighted by molar-refractivity contribution is 5.97. The molecular weight excluding hydrogens is 785 g/mol. The maximum absolute atomic E-state index is 13.5. The first-order valence-corrected chi connectivity index (χ1v) is 20.7. The summed E-state index contributed by atoms with van der Waals surface area (Å²) in [6.45, 7) is 11.2. The van der Waals surface area contributed by atoms with E-state index in [1.165, 1.54) is 4.90 Å². The number of amides is 4. The van der Waals surface area contributed by atoms with Crippen LogP contribution in [0.1, 0.15) is 83.9 Å². The van der Waals surface area contributed by atoms with Crippen LogP contribution < -0.4 is 0 Å². The van der Waals surface area contributed by atoms with Crippen molar-refractivity contribution >= 4 is 35.9 Å². The summed E-state index contributed by atoms with van der Waals surface area (Å²) < 4.78 is 26.7. The van der Waals surface area contributed by atoms with Crippen molar-refractivity contribution in [2.45, 2.75) is 110 Å². The molecule has 330 valence electrons. The van der Waals surface area contributed by atoms with Crippen LogP contribution in [-0.2, 0) is 62.3 Å². The maximum Gasteiger partial charge on any atom is 0.416 e. The average molecular weight is 845 g/mol. The Hall–Kier alpha value is -5.60. The Balaban J connectivity index is 0.000000276. The number of hydrogen-bond donors (Lipinski definition) is 1.